The molecule has 47 heavy (non-hydrogen) atoms. The van der Waals surface area contributed by atoms with Crippen molar-refractivity contribution in [2.24, 2.45) is 0 Å². The summed E-state index contributed by atoms with van der Waals surface area (Å²) in [5.74, 6) is 0.0524. The lowest BCUT2D eigenvalue weighted by Gasteiger charge is -2.34. The maximum atomic E-state index is 14.7. The standard InChI is InChI=1S/C37H43N3O6S/c1-4-6-24-38-37(42)34(26-29-16-9-7-10-17-29)39(27-30-18-15-19-31(25-30)45-3)36(41)28-40(33-22-13-14-23-35(33)46-5-2)47(43,44)32-20-11-8-12-21-32/h7-23,25,34H,4-6,24,26-28H2,1-3H3,(H,38,42). The van der Waals surface area contributed by atoms with Crippen molar-refractivity contribution in [2.45, 2.75) is 50.6 Å². The van der Waals surface area contributed by atoms with Gasteiger partial charge in [-0.15, -0.1) is 0 Å². The van der Waals surface area contributed by atoms with Crippen LogP contribution >= 0.6 is 0 Å². The Hall–Kier alpha value is -4.83. The van der Waals surface area contributed by atoms with E-state index in [1.165, 1.54) is 17.0 Å². The summed E-state index contributed by atoms with van der Waals surface area (Å²) in [6.45, 7) is 4.06. The monoisotopic (exact) mass is 657 g/mol. The quantitative estimate of drug-likeness (QED) is 0.143. The number of methoxy groups -OCH3 is 1. The zero-order chi connectivity index (χ0) is 33.6. The van der Waals surface area contributed by atoms with Crippen LogP contribution in [0.4, 0.5) is 5.69 Å². The lowest BCUT2D eigenvalue weighted by molar-refractivity contribution is -0.140. The third-order valence-electron chi connectivity index (χ3n) is 7.63. The molecule has 0 spiro atoms. The van der Waals surface area contributed by atoms with Crippen LogP contribution in [0.1, 0.15) is 37.8 Å². The van der Waals surface area contributed by atoms with Crippen molar-refractivity contribution in [3.63, 3.8) is 0 Å². The first-order valence-corrected chi connectivity index (χ1v) is 17.3. The van der Waals surface area contributed by atoms with Crippen molar-refractivity contribution >= 4 is 27.5 Å². The van der Waals surface area contributed by atoms with E-state index in [1.54, 1.807) is 68.6 Å². The predicted octanol–water partition coefficient (Wildman–Crippen LogP) is 5.85. The van der Waals surface area contributed by atoms with E-state index >= 15 is 0 Å². The Morgan fingerprint density at radius 3 is 2.17 bits per heavy atom. The van der Waals surface area contributed by atoms with Crippen LogP contribution in [0.25, 0.3) is 0 Å². The van der Waals surface area contributed by atoms with Crippen molar-refractivity contribution in [1.82, 2.24) is 10.2 Å². The van der Waals surface area contributed by atoms with Gasteiger partial charge in [-0.25, -0.2) is 8.42 Å². The third-order valence-corrected chi connectivity index (χ3v) is 9.41. The SMILES string of the molecule is CCCCNC(=O)C(Cc1ccccc1)N(Cc1cccc(OC)c1)C(=O)CN(c1ccccc1OCC)S(=O)(=O)c1ccccc1. The lowest BCUT2D eigenvalue weighted by Crippen LogP contribution is -2.53. The summed E-state index contributed by atoms with van der Waals surface area (Å²) >= 11 is 0. The largest absolute Gasteiger partial charge is 0.497 e. The molecule has 1 N–H and O–H groups in total. The van der Waals surface area contributed by atoms with Gasteiger partial charge in [0.1, 0.15) is 24.1 Å². The van der Waals surface area contributed by atoms with Crippen molar-refractivity contribution < 1.29 is 27.5 Å². The van der Waals surface area contributed by atoms with E-state index in [2.05, 4.69) is 5.32 Å². The highest BCUT2D eigenvalue weighted by Gasteiger charge is 2.35. The molecule has 0 radical (unpaired) electrons. The molecule has 248 valence electrons. The minimum absolute atomic E-state index is 0.0246. The number of anilines is 1. The predicted molar refractivity (Wildman–Crippen MR) is 184 cm³/mol. The normalized spacial score (nSPS) is 11.7. The number of para-hydroxylation sites is 2. The molecule has 0 aliphatic rings. The number of rotatable bonds is 17. The smallest absolute Gasteiger partial charge is 0.264 e. The molecule has 0 bridgehead atoms. The second-order valence-corrected chi connectivity index (χ2v) is 12.8. The molecule has 4 aromatic rings. The lowest BCUT2D eigenvalue weighted by atomic mass is 10.0. The highest BCUT2D eigenvalue weighted by Crippen LogP contribution is 2.33. The van der Waals surface area contributed by atoms with Crippen LogP contribution in [0.5, 0.6) is 11.5 Å². The minimum Gasteiger partial charge on any atom is -0.497 e. The van der Waals surface area contributed by atoms with E-state index in [9.17, 15) is 18.0 Å². The van der Waals surface area contributed by atoms with Gasteiger partial charge in [0.05, 0.1) is 24.3 Å². The van der Waals surface area contributed by atoms with Crippen LogP contribution in [0.15, 0.2) is 114 Å². The Morgan fingerprint density at radius 2 is 1.49 bits per heavy atom. The van der Waals surface area contributed by atoms with E-state index in [0.717, 1.165) is 28.3 Å². The Labute approximate surface area is 278 Å². The number of carbonyl (C=O) groups is 2. The third kappa shape index (κ3) is 9.36. The van der Waals surface area contributed by atoms with Crippen LogP contribution in [-0.4, -0.2) is 58.0 Å². The minimum atomic E-state index is -4.24. The molecule has 2 amide bonds. The molecule has 9 nitrogen and oxygen atoms in total. The molecule has 1 atom stereocenters. The number of sulfonamides is 1. The summed E-state index contributed by atoms with van der Waals surface area (Å²) in [5.41, 5.74) is 1.81. The van der Waals surface area contributed by atoms with Gasteiger partial charge in [0.25, 0.3) is 10.0 Å². The van der Waals surface area contributed by atoms with Gasteiger partial charge in [-0.05, 0) is 60.9 Å². The number of nitrogens with zero attached hydrogens (tertiary/aromatic N) is 2. The summed E-state index contributed by atoms with van der Waals surface area (Å²) in [4.78, 5) is 30.1. The summed E-state index contributed by atoms with van der Waals surface area (Å²) in [5, 5.41) is 3.01. The first-order chi connectivity index (χ1) is 22.8. The van der Waals surface area contributed by atoms with Gasteiger partial charge in [-0.3, -0.25) is 13.9 Å². The van der Waals surface area contributed by atoms with Gasteiger partial charge in [0, 0.05) is 19.5 Å². The summed E-state index contributed by atoms with van der Waals surface area (Å²) in [7, 11) is -2.69. The fourth-order valence-corrected chi connectivity index (χ4v) is 6.65. The molecule has 1 unspecified atom stereocenters. The molecule has 0 aromatic heterocycles. The Bertz CT molecular complexity index is 1700. The average Bonchev–Trinajstić information content (AvgIpc) is 3.10. The highest BCUT2D eigenvalue weighted by molar-refractivity contribution is 7.92. The van der Waals surface area contributed by atoms with Crippen LogP contribution in [0, 0.1) is 0 Å². The summed E-state index contributed by atoms with van der Waals surface area (Å²) in [6.07, 6.45) is 1.90. The molecule has 0 saturated carbocycles. The van der Waals surface area contributed by atoms with Crippen molar-refractivity contribution in [1.29, 1.82) is 0 Å². The molecule has 0 fully saturated rings. The second-order valence-electron chi connectivity index (χ2n) is 10.9. The molecule has 4 aromatic carbocycles. The zero-order valence-corrected chi connectivity index (χ0v) is 28.0. The molecule has 0 heterocycles. The van der Waals surface area contributed by atoms with Gasteiger partial charge in [-0.1, -0.05) is 86.1 Å². The van der Waals surface area contributed by atoms with E-state index < -0.39 is 28.5 Å². The second kappa shape index (κ2) is 17.2. The number of hydrogen-bond donors (Lipinski definition) is 1. The van der Waals surface area contributed by atoms with Crippen LogP contribution in [0.3, 0.4) is 0 Å². The molecular weight excluding hydrogens is 614 g/mol. The van der Waals surface area contributed by atoms with E-state index in [1.807, 2.05) is 49.4 Å². The highest BCUT2D eigenvalue weighted by atomic mass is 32.2. The number of carbonyl (C=O) groups excluding carboxylic acids is 2. The van der Waals surface area contributed by atoms with Crippen LogP contribution in [-0.2, 0) is 32.6 Å². The van der Waals surface area contributed by atoms with Crippen molar-refractivity contribution in [2.75, 3.05) is 31.1 Å². The summed E-state index contributed by atoms with van der Waals surface area (Å²) < 4.78 is 40.9. The van der Waals surface area contributed by atoms with Gasteiger partial charge in [0.2, 0.25) is 11.8 Å². The van der Waals surface area contributed by atoms with Gasteiger partial charge < -0.3 is 19.7 Å². The zero-order valence-electron chi connectivity index (χ0n) is 27.2. The number of amides is 2. The van der Waals surface area contributed by atoms with E-state index in [4.69, 9.17) is 9.47 Å². The van der Waals surface area contributed by atoms with Crippen LogP contribution < -0.4 is 19.1 Å². The van der Waals surface area contributed by atoms with Gasteiger partial charge in [-0.2, -0.15) is 0 Å². The fourth-order valence-electron chi connectivity index (χ4n) is 5.20. The fraction of sp³-hybridized carbons (Fsp3) is 0.297. The molecular formula is C37H43N3O6S. The molecule has 10 heteroatoms. The Kier molecular flexibility index (Phi) is 12.8. The maximum absolute atomic E-state index is 14.7. The molecule has 0 saturated heterocycles. The Morgan fingerprint density at radius 1 is 0.830 bits per heavy atom. The average molecular weight is 658 g/mol. The van der Waals surface area contributed by atoms with Crippen molar-refractivity contribution in [3.05, 3.63) is 120 Å². The topological polar surface area (TPSA) is 105 Å². The number of benzene rings is 4. The Balaban J connectivity index is 1.83. The van der Waals surface area contributed by atoms with Gasteiger partial charge in [0.15, 0.2) is 0 Å². The summed E-state index contributed by atoms with van der Waals surface area (Å²) in [6, 6.07) is 30.5. The van der Waals surface area contributed by atoms with Crippen LogP contribution in [0.2, 0.25) is 0 Å². The first-order valence-electron chi connectivity index (χ1n) is 15.8. The number of ether oxygens (including phenoxy) is 2. The maximum Gasteiger partial charge on any atom is 0.264 e. The molecule has 0 aliphatic heterocycles. The van der Waals surface area contributed by atoms with Crippen molar-refractivity contribution in [3.8, 4) is 11.5 Å². The molecule has 0 aliphatic carbocycles. The van der Waals surface area contributed by atoms with Gasteiger partial charge >= 0.3 is 0 Å². The number of unbranched alkanes of at least 4 members (excludes halogenated alkanes) is 1. The first kappa shape index (κ1) is 35.0. The number of hydrogen-bond acceptors (Lipinski definition) is 6. The number of nitrogens with one attached hydrogen (secondary N) is 1. The molecule has 4 rings (SSSR count). The van der Waals surface area contributed by atoms with E-state index in [0.29, 0.717) is 24.7 Å². The van der Waals surface area contributed by atoms with E-state index in [-0.39, 0.29) is 29.5 Å².